The maximum Gasteiger partial charge on any atom is 0.422 e. The third-order valence-electron chi connectivity index (χ3n) is 3.28. The van der Waals surface area contributed by atoms with Crippen LogP contribution in [0.5, 0.6) is 5.75 Å². The molecule has 1 aromatic heterocycles. The first-order valence-corrected chi connectivity index (χ1v) is 7.65. The molecule has 1 atom stereocenters. The van der Waals surface area contributed by atoms with Gasteiger partial charge in [-0.25, -0.2) is 0 Å². The molecule has 0 spiro atoms. The summed E-state index contributed by atoms with van der Waals surface area (Å²) >= 11 is 0. The summed E-state index contributed by atoms with van der Waals surface area (Å²) in [5.41, 5.74) is 0.669. The average molecular weight is 370 g/mol. The Labute approximate surface area is 147 Å². The quantitative estimate of drug-likeness (QED) is 0.785. The van der Waals surface area contributed by atoms with Crippen molar-refractivity contribution in [2.24, 2.45) is 0 Å². The van der Waals surface area contributed by atoms with Crippen LogP contribution in [0.25, 0.3) is 0 Å². The van der Waals surface area contributed by atoms with Gasteiger partial charge < -0.3 is 19.8 Å². The molecule has 26 heavy (non-hydrogen) atoms. The van der Waals surface area contributed by atoms with Crippen LogP contribution >= 0.6 is 0 Å². The van der Waals surface area contributed by atoms with Crippen LogP contribution in [0.15, 0.2) is 47.1 Å². The second-order valence-corrected chi connectivity index (χ2v) is 5.44. The number of rotatable bonds is 7. The number of halogens is 3. The molecule has 140 valence electrons. The predicted molar refractivity (Wildman–Crippen MR) is 85.5 cm³/mol. The zero-order valence-corrected chi connectivity index (χ0v) is 13.8. The molecule has 2 aromatic rings. The minimum Gasteiger partial charge on any atom is -0.484 e. The molecule has 1 heterocycles. The fourth-order valence-corrected chi connectivity index (χ4v) is 1.95. The molecule has 0 radical (unpaired) electrons. The van der Waals surface area contributed by atoms with E-state index in [0.29, 0.717) is 5.56 Å². The number of furan rings is 1. The standard InChI is InChI=1S/C17H17F3N2O4/c1-11(22-16(24)14-3-2-8-25-14)15(23)21-9-12-4-6-13(7-5-12)26-10-17(18,19)20/h2-8,11H,9-10H2,1H3,(H,21,23)(H,22,24)/t11-/m1/s1. The van der Waals surface area contributed by atoms with E-state index in [1.165, 1.54) is 43.5 Å². The first-order chi connectivity index (χ1) is 12.2. The van der Waals surface area contributed by atoms with E-state index < -0.39 is 30.6 Å². The highest BCUT2D eigenvalue weighted by atomic mass is 19.4. The average Bonchev–Trinajstić information content (AvgIpc) is 3.12. The molecule has 2 N–H and O–H groups in total. The Bertz CT molecular complexity index is 727. The first-order valence-electron chi connectivity index (χ1n) is 7.65. The third-order valence-corrected chi connectivity index (χ3v) is 3.28. The monoisotopic (exact) mass is 370 g/mol. The van der Waals surface area contributed by atoms with Gasteiger partial charge in [0.2, 0.25) is 5.91 Å². The van der Waals surface area contributed by atoms with Crippen LogP contribution < -0.4 is 15.4 Å². The molecular weight excluding hydrogens is 353 g/mol. The van der Waals surface area contributed by atoms with E-state index in [-0.39, 0.29) is 18.1 Å². The number of benzene rings is 1. The molecule has 2 amide bonds. The summed E-state index contributed by atoms with van der Waals surface area (Å²) in [6.45, 7) is 0.305. The SMILES string of the molecule is C[C@@H](NC(=O)c1ccco1)C(=O)NCc1ccc(OCC(F)(F)F)cc1. The smallest absolute Gasteiger partial charge is 0.422 e. The van der Waals surface area contributed by atoms with Gasteiger partial charge in [0.1, 0.15) is 11.8 Å². The molecule has 0 unspecified atom stereocenters. The van der Waals surface area contributed by atoms with Crippen LogP contribution in [0, 0.1) is 0 Å². The van der Waals surface area contributed by atoms with Crippen molar-refractivity contribution in [3.05, 3.63) is 54.0 Å². The molecule has 1 aromatic carbocycles. The van der Waals surface area contributed by atoms with Crippen LogP contribution in [0.2, 0.25) is 0 Å². The van der Waals surface area contributed by atoms with Gasteiger partial charge in [0.25, 0.3) is 5.91 Å². The van der Waals surface area contributed by atoms with Gasteiger partial charge in [-0.15, -0.1) is 0 Å². The highest BCUT2D eigenvalue weighted by molar-refractivity contribution is 5.95. The van der Waals surface area contributed by atoms with E-state index in [9.17, 15) is 22.8 Å². The number of carbonyl (C=O) groups excluding carboxylic acids is 2. The number of amides is 2. The van der Waals surface area contributed by atoms with Gasteiger partial charge in [-0.2, -0.15) is 13.2 Å². The van der Waals surface area contributed by atoms with Crippen molar-refractivity contribution >= 4 is 11.8 Å². The fraction of sp³-hybridized carbons (Fsp3) is 0.294. The molecule has 0 bridgehead atoms. The van der Waals surface area contributed by atoms with Gasteiger partial charge in [-0.05, 0) is 36.8 Å². The Morgan fingerprint density at radius 2 is 1.88 bits per heavy atom. The molecule has 0 aliphatic rings. The summed E-state index contributed by atoms with van der Waals surface area (Å²) in [6.07, 6.45) is -3.05. The molecule has 2 rings (SSSR count). The Morgan fingerprint density at radius 1 is 1.19 bits per heavy atom. The summed E-state index contributed by atoms with van der Waals surface area (Å²) in [7, 11) is 0. The normalized spacial score (nSPS) is 12.3. The van der Waals surface area contributed by atoms with E-state index in [1.807, 2.05) is 0 Å². The van der Waals surface area contributed by atoms with E-state index in [1.54, 1.807) is 6.07 Å². The highest BCUT2D eigenvalue weighted by Crippen LogP contribution is 2.18. The predicted octanol–water partition coefficient (Wildman–Crippen LogP) is 2.66. The van der Waals surface area contributed by atoms with E-state index in [4.69, 9.17) is 4.42 Å². The molecule has 0 aliphatic carbocycles. The summed E-state index contributed by atoms with van der Waals surface area (Å²) < 4.78 is 45.8. The topological polar surface area (TPSA) is 80.6 Å². The van der Waals surface area contributed by atoms with Gasteiger partial charge >= 0.3 is 6.18 Å². The summed E-state index contributed by atoms with van der Waals surface area (Å²) in [4.78, 5) is 23.8. The van der Waals surface area contributed by atoms with E-state index in [0.717, 1.165) is 0 Å². The largest absolute Gasteiger partial charge is 0.484 e. The number of alkyl halides is 3. The third kappa shape index (κ3) is 6.15. The lowest BCUT2D eigenvalue weighted by atomic mass is 10.2. The van der Waals surface area contributed by atoms with Crippen molar-refractivity contribution in [3.63, 3.8) is 0 Å². The van der Waals surface area contributed by atoms with Gasteiger partial charge in [-0.3, -0.25) is 9.59 Å². The van der Waals surface area contributed by atoms with Crippen LogP contribution in [0.1, 0.15) is 23.0 Å². The molecule has 0 saturated heterocycles. The van der Waals surface area contributed by atoms with Crippen molar-refractivity contribution in [1.29, 1.82) is 0 Å². The lowest BCUT2D eigenvalue weighted by Gasteiger charge is -2.14. The molecule has 6 nitrogen and oxygen atoms in total. The zero-order valence-electron chi connectivity index (χ0n) is 13.8. The fourth-order valence-electron chi connectivity index (χ4n) is 1.95. The van der Waals surface area contributed by atoms with E-state index >= 15 is 0 Å². The number of hydrogen-bond acceptors (Lipinski definition) is 4. The number of hydrogen-bond donors (Lipinski definition) is 2. The van der Waals surface area contributed by atoms with Gasteiger partial charge in [-0.1, -0.05) is 12.1 Å². The number of ether oxygens (including phenoxy) is 1. The number of nitrogens with one attached hydrogen (secondary N) is 2. The minimum atomic E-state index is -4.40. The Hall–Kier alpha value is -2.97. The molecule has 0 aliphatic heterocycles. The number of carbonyl (C=O) groups is 2. The first kappa shape index (κ1) is 19.4. The lowest BCUT2D eigenvalue weighted by molar-refractivity contribution is -0.153. The molecule has 9 heteroatoms. The van der Waals surface area contributed by atoms with Crippen LogP contribution in [-0.2, 0) is 11.3 Å². The zero-order chi connectivity index (χ0) is 19.2. The lowest BCUT2D eigenvalue weighted by Crippen LogP contribution is -2.44. The minimum absolute atomic E-state index is 0.0801. The Morgan fingerprint density at radius 3 is 2.46 bits per heavy atom. The summed E-state index contributed by atoms with van der Waals surface area (Å²) in [5, 5.41) is 5.11. The summed E-state index contributed by atoms with van der Waals surface area (Å²) in [5.74, 6) is -0.748. The van der Waals surface area contributed by atoms with Crippen molar-refractivity contribution < 1.29 is 31.9 Å². The van der Waals surface area contributed by atoms with Crippen molar-refractivity contribution in [1.82, 2.24) is 10.6 Å². The summed E-state index contributed by atoms with van der Waals surface area (Å²) in [6, 6.07) is 8.09. The van der Waals surface area contributed by atoms with Crippen LogP contribution in [0.3, 0.4) is 0 Å². The van der Waals surface area contributed by atoms with Gasteiger partial charge in [0.05, 0.1) is 6.26 Å². The highest BCUT2D eigenvalue weighted by Gasteiger charge is 2.28. The van der Waals surface area contributed by atoms with Crippen molar-refractivity contribution in [3.8, 4) is 5.75 Å². The van der Waals surface area contributed by atoms with Crippen molar-refractivity contribution in [2.75, 3.05) is 6.61 Å². The Kier molecular flexibility index (Phi) is 6.26. The molecule has 0 fully saturated rings. The maximum atomic E-state index is 12.1. The molecular formula is C17H17F3N2O4. The van der Waals surface area contributed by atoms with Gasteiger partial charge in [0, 0.05) is 6.54 Å². The second kappa shape index (κ2) is 8.41. The Balaban J connectivity index is 1.78. The van der Waals surface area contributed by atoms with Crippen LogP contribution in [0.4, 0.5) is 13.2 Å². The maximum absolute atomic E-state index is 12.1. The second-order valence-electron chi connectivity index (χ2n) is 5.44. The van der Waals surface area contributed by atoms with Crippen molar-refractivity contribution in [2.45, 2.75) is 25.7 Å². The van der Waals surface area contributed by atoms with Crippen LogP contribution in [-0.4, -0.2) is 30.6 Å². The molecule has 0 saturated carbocycles. The van der Waals surface area contributed by atoms with E-state index in [2.05, 4.69) is 15.4 Å². The van der Waals surface area contributed by atoms with Gasteiger partial charge in [0.15, 0.2) is 12.4 Å².